The molecule has 148 heavy (non-hydrogen) atoms. The van der Waals surface area contributed by atoms with Crippen LogP contribution < -0.4 is 191 Å². The average Bonchev–Trinajstić information content (AvgIpc) is 1.63. The van der Waals surface area contributed by atoms with Crippen LogP contribution in [0, 0.1) is 65.0 Å². The summed E-state index contributed by atoms with van der Waals surface area (Å²) in [5.74, 6) is 3.53. The van der Waals surface area contributed by atoms with E-state index in [-0.39, 0.29) is 150 Å². The molecule has 46 heteroatoms. The van der Waals surface area contributed by atoms with Crippen molar-refractivity contribution in [1.29, 1.82) is 0 Å². The summed E-state index contributed by atoms with van der Waals surface area (Å²) < 4.78 is 66.3. The third kappa shape index (κ3) is 40.3. The Labute approximate surface area is 944 Å². The van der Waals surface area contributed by atoms with Gasteiger partial charge in [-0.05, 0) is 263 Å². The van der Waals surface area contributed by atoms with Gasteiger partial charge in [-0.25, -0.2) is 4.98 Å². The minimum atomic E-state index is -1.33. The standard InChI is InChI=1S/C22H20N4O2.C20H18N4O4.C20H20N4O2.C13H13N3O3.C7H6ClNO3.C7H7NO2.C6H8N2.C5H12O4.CH3F.CH2O3.2K.H/c1-14-10-11-23-13-19(14)22(27)25-16-4-6-17(7-5-16)26-15(2)24-20-12-18(28-3)8-9-21(20)26;1-13-9-10-21-12-17(13)20(25)23-15-5-3-14(4-6-15)22-18-8-7-16(28-2)11-19(18)24(26)27;1-13-9-10-22-12-17(13)20(25)24-15-5-3-14(4-6-15)23-19-8-7-16(26-2)11-18(19)21;1-19-11-6-7-12(13(8-11)16(17)18)15-10-4-2-9(14)3-5-10;1-12-5-2-3-6(8)7(4-5)9(10)11;1-6-2-3-8-4-7(6)10-5-9;7-5-1-2-6(8)4-3-5;1-6-5(7-2,8-3)9-4;1-2;2-1-4-3;;;/h4-13H,1-3H3,(H,25,27);3-12,22H,1-2H3,(H,23,25);3-12,23H,21H2,1-2H3,(H,24,25);2-8,15H,14H2,1H3;2-4H,1H3;2-5H,1H3;1-4H,7-8H2;1-4H3;1H3;1,3H;;;/q;;;;;;;;;;2*+1;-1/p-1/i;;;;;;;;1D;;;;. The van der Waals surface area contributed by atoms with Crippen molar-refractivity contribution in [3.63, 3.8) is 0 Å². The summed E-state index contributed by atoms with van der Waals surface area (Å²) in [6, 6.07) is 67.9. The Kier molecular flexibility index (Phi) is 54.9. The zero-order chi connectivity index (χ0) is 108. The van der Waals surface area contributed by atoms with Crippen LogP contribution in [0.2, 0.25) is 5.02 Å². The molecular formula is C102H109ClFK2N19O23. The van der Waals surface area contributed by atoms with Gasteiger partial charge in [0.15, 0.2) is 5.75 Å². The number of anilines is 13. The Morgan fingerprint density at radius 3 is 1.05 bits per heavy atom. The number of nitrogens with one attached hydrogen (secondary N) is 6. The summed E-state index contributed by atoms with van der Waals surface area (Å²) in [6.45, 7) is 9.63. The zero-order valence-corrected chi connectivity index (χ0v) is 90.5. The second kappa shape index (κ2) is 66.0. The van der Waals surface area contributed by atoms with E-state index >= 15 is 0 Å². The Morgan fingerprint density at radius 2 is 0.723 bits per heavy atom. The van der Waals surface area contributed by atoms with Crippen LogP contribution in [0.5, 0.6) is 34.5 Å². The van der Waals surface area contributed by atoms with E-state index in [0.29, 0.717) is 91.7 Å². The number of ether oxygens (including phenoxy) is 10. The van der Waals surface area contributed by atoms with Gasteiger partial charge in [0.25, 0.3) is 47.7 Å². The van der Waals surface area contributed by atoms with Crippen molar-refractivity contribution < 1.29 is 206 Å². The first-order chi connectivity index (χ1) is 70.5. The first kappa shape index (κ1) is 123. The molecule has 15 aromatic rings. The summed E-state index contributed by atoms with van der Waals surface area (Å²) in [5, 5.41) is 59.0. The number of nitro benzene ring substituents is 3. The van der Waals surface area contributed by atoms with E-state index in [9.17, 15) is 53.9 Å². The molecule has 15 rings (SSSR count). The molecular weight excluding hydrogens is 1990 g/mol. The van der Waals surface area contributed by atoms with Gasteiger partial charge in [-0.2, -0.15) is 0 Å². The zero-order valence-electron chi connectivity index (χ0n) is 85.5. The maximum absolute atomic E-state index is 12.5. The van der Waals surface area contributed by atoms with Crippen LogP contribution in [0.4, 0.5) is 95.4 Å². The van der Waals surface area contributed by atoms with Gasteiger partial charge >= 0.3 is 109 Å². The van der Waals surface area contributed by atoms with Crippen LogP contribution >= 0.6 is 11.6 Å². The number of alkyl halides is 1. The summed E-state index contributed by atoms with van der Waals surface area (Å²) in [5.41, 5.74) is 38.5. The molecule has 0 atom stereocenters. The number of methoxy groups -OCH3 is 9. The van der Waals surface area contributed by atoms with Crippen molar-refractivity contribution in [3.05, 3.63) is 366 Å². The Hall–Kier alpha value is -15.3. The minimum absolute atomic E-state index is 0. The first-order valence-corrected chi connectivity index (χ1v) is 43.1. The number of amides is 3. The number of aryl methyl sites for hydroxylation is 5. The molecule has 0 aliphatic carbocycles. The molecule has 0 aliphatic heterocycles. The van der Waals surface area contributed by atoms with E-state index in [0.717, 1.165) is 84.7 Å². The number of hydrogen-bond donors (Lipinski definition) is 10. The molecule has 0 fully saturated rings. The molecule has 0 aliphatic rings. The monoisotopic (exact) mass is 2100 g/mol. The number of imidazole rings is 1. The summed E-state index contributed by atoms with van der Waals surface area (Å²) in [6.07, 6.45) is 11.4. The van der Waals surface area contributed by atoms with Crippen molar-refractivity contribution in [2.75, 3.05) is 126 Å². The van der Waals surface area contributed by atoms with E-state index in [2.05, 4.69) is 71.0 Å². The molecule has 0 saturated heterocycles. The quantitative estimate of drug-likeness (QED) is 0.00414. The number of carbonyl (C=O) groups is 5. The molecule has 3 amide bonds. The van der Waals surface area contributed by atoms with E-state index in [1.54, 1.807) is 179 Å². The summed E-state index contributed by atoms with van der Waals surface area (Å²) in [4.78, 5) is 110. The van der Waals surface area contributed by atoms with Gasteiger partial charge in [-0.3, -0.25) is 83.2 Å². The van der Waals surface area contributed by atoms with Crippen molar-refractivity contribution in [2.24, 2.45) is 0 Å². The molecule has 0 saturated carbocycles. The van der Waals surface area contributed by atoms with Gasteiger partial charge < -0.3 is 114 Å². The average molecular weight is 2100 g/mol. The maximum Gasteiger partial charge on any atom is 1.00 e. The van der Waals surface area contributed by atoms with Crippen LogP contribution in [0.3, 0.4) is 0 Å². The van der Waals surface area contributed by atoms with Crippen molar-refractivity contribution in [1.82, 2.24) is 29.5 Å². The number of halogens is 2. The molecule has 10 aromatic carbocycles. The summed E-state index contributed by atoms with van der Waals surface area (Å²) in [7, 11) is 12.3. The van der Waals surface area contributed by atoms with Crippen molar-refractivity contribution in [3.8, 4) is 40.2 Å². The number of fused-ring (bicyclic) bond motifs is 1. The minimum Gasteiger partial charge on any atom is -1.00 e. The predicted molar refractivity (Wildman–Crippen MR) is 555 cm³/mol. The number of pyridine rings is 4. The van der Waals surface area contributed by atoms with Crippen molar-refractivity contribution >= 4 is 144 Å². The first-order valence-electron chi connectivity index (χ1n) is 43.4. The number of rotatable bonds is 28. The van der Waals surface area contributed by atoms with Gasteiger partial charge in [0, 0.05) is 141 Å². The number of nitrogens with two attached hydrogens (primary N) is 4. The van der Waals surface area contributed by atoms with Crippen molar-refractivity contribution in [2.45, 2.75) is 40.8 Å². The number of benzene rings is 10. The van der Waals surface area contributed by atoms with Crippen LogP contribution in [-0.2, 0) is 33.4 Å². The number of carbonyl (C=O) groups excluding carboxylic acids is 5. The summed E-state index contributed by atoms with van der Waals surface area (Å²) >= 11 is 5.55. The van der Waals surface area contributed by atoms with Crippen LogP contribution in [0.15, 0.2) is 286 Å². The SMILES string of the molecule is COC(OC)(OC)OC.COc1ccc(Cl)c([N+](=O)[O-])c1.COc1ccc(Nc2ccc(N)cc2)c([N+](=O)[O-])c1.COc1ccc(Nc2ccc(NC(=O)c3cnccc3C)cc2)c(N)c1.COc1ccc(Nc2ccc(NC(=O)c3cnccc3C)cc2)c([N+](=O)[O-])c1.COc1ccc2c(c1)nc(C)n2-c1ccc(NC(=O)c2cnccc2C)cc1.Cc1ccncc1OC=O.Nc1ccc(N)cc1.O=CO[O-].[2H]CF.[H-].[K+].[K+]. The molecule has 0 bridgehead atoms. The van der Waals surface area contributed by atoms with E-state index < -0.39 is 28.1 Å². The molecule has 14 N–H and O–H groups in total. The largest absolute Gasteiger partial charge is 1.00 e. The molecule has 42 nitrogen and oxygen atoms in total. The Balaban J connectivity index is 0.000000450. The fourth-order valence-corrected chi connectivity index (χ4v) is 12.5. The van der Waals surface area contributed by atoms with Crippen LogP contribution in [-0.4, -0.2) is 152 Å². The van der Waals surface area contributed by atoms with Gasteiger partial charge in [0.2, 0.25) is 0 Å². The Morgan fingerprint density at radius 1 is 0.419 bits per heavy atom. The number of nitrogens with zero attached hydrogens (tertiary/aromatic N) is 9. The number of nitrogen functional groups attached to an aromatic ring is 4. The third-order valence-electron chi connectivity index (χ3n) is 19.9. The molecule has 5 heterocycles. The number of hydrogen-bond acceptors (Lipinski definition) is 35. The number of nitro groups is 3. The van der Waals surface area contributed by atoms with E-state index in [1.165, 1.54) is 86.4 Å². The van der Waals surface area contributed by atoms with Gasteiger partial charge in [0.05, 0.1) is 122 Å². The smallest absolute Gasteiger partial charge is 1.00 e. The van der Waals surface area contributed by atoms with Crippen LogP contribution in [0.1, 0.15) is 61.9 Å². The fraction of sp³-hybridized carbons (Fsp3) is 0.157. The van der Waals surface area contributed by atoms with Gasteiger partial charge in [-0.1, -0.05) is 11.6 Å². The normalized spacial score (nSPS) is 9.91. The molecule has 766 valence electrons. The van der Waals surface area contributed by atoms with Gasteiger partial charge in [0.1, 0.15) is 51.0 Å². The van der Waals surface area contributed by atoms with Crippen LogP contribution in [0.25, 0.3) is 16.7 Å². The molecule has 0 spiro atoms. The molecule has 5 aromatic heterocycles. The third-order valence-corrected chi connectivity index (χ3v) is 20.2. The molecule has 0 radical (unpaired) electrons. The fourth-order valence-electron chi connectivity index (χ4n) is 12.3. The number of aromatic nitrogens is 6. The van der Waals surface area contributed by atoms with E-state index in [1.807, 2.05) is 120 Å². The van der Waals surface area contributed by atoms with E-state index in [4.69, 9.17) is 88.6 Å². The second-order valence-corrected chi connectivity index (χ2v) is 29.7. The topological polar surface area (TPSA) is 585 Å². The maximum atomic E-state index is 12.5. The van der Waals surface area contributed by atoms with Gasteiger partial charge in [-0.15, -0.1) is 0 Å². The predicted octanol–water partition coefficient (Wildman–Crippen LogP) is 12.9. The molecule has 0 unspecified atom stereocenters. The Bertz CT molecular complexity index is 6780. The second-order valence-electron chi connectivity index (χ2n) is 29.3.